The molecule has 1 aliphatic rings. The molecule has 0 aliphatic carbocycles. The number of anilines is 2. The number of piperazine rings is 1. The molecule has 142 valence electrons. The first kappa shape index (κ1) is 18.6. The Hall–Kier alpha value is -3.16. The van der Waals surface area contributed by atoms with Crippen LogP contribution in [0.25, 0.3) is 0 Å². The zero-order chi connectivity index (χ0) is 19.2. The van der Waals surface area contributed by atoms with E-state index in [9.17, 15) is 9.59 Å². The highest BCUT2D eigenvalue weighted by Gasteiger charge is 2.24. The molecule has 2 heterocycles. The fraction of sp³-hybridized carbons (Fsp3) is 0.368. The molecule has 0 unspecified atom stereocenters. The summed E-state index contributed by atoms with van der Waals surface area (Å²) in [7, 11) is 0. The van der Waals surface area contributed by atoms with E-state index in [4.69, 9.17) is 4.74 Å². The minimum absolute atomic E-state index is 0.0333. The number of hydrogen-bond acceptors (Lipinski definition) is 6. The second-order valence-electron chi connectivity index (χ2n) is 6.17. The van der Waals surface area contributed by atoms with Crippen molar-refractivity contribution in [2.45, 2.75) is 13.8 Å². The van der Waals surface area contributed by atoms with Crippen LogP contribution in [0.4, 0.5) is 11.5 Å². The smallest absolute Gasteiger partial charge is 0.272 e. The Morgan fingerprint density at radius 2 is 1.74 bits per heavy atom. The Bertz CT molecular complexity index is 801. The van der Waals surface area contributed by atoms with E-state index in [0.717, 1.165) is 11.4 Å². The number of benzene rings is 1. The van der Waals surface area contributed by atoms with Gasteiger partial charge in [0.2, 0.25) is 5.91 Å². The summed E-state index contributed by atoms with van der Waals surface area (Å²) in [4.78, 5) is 35.8. The highest BCUT2D eigenvalue weighted by atomic mass is 16.5. The monoisotopic (exact) mass is 369 g/mol. The van der Waals surface area contributed by atoms with Gasteiger partial charge in [0.05, 0.1) is 6.61 Å². The van der Waals surface area contributed by atoms with Gasteiger partial charge in [-0.15, -0.1) is 0 Å². The average Bonchev–Trinajstić information content (AvgIpc) is 2.69. The van der Waals surface area contributed by atoms with E-state index in [0.29, 0.717) is 44.3 Å². The first-order valence-corrected chi connectivity index (χ1v) is 8.93. The third-order valence-electron chi connectivity index (χ3n) is 4.34. The molecule has 2 amide bonds. The molecular weight excluding hydrogens is 346 g/mol. The predicted octanol–water partition coefficient (Wildman–Crippen LogP) is 1.92. The Morgan fingerprint density at radius 1 is 1.07 bits per heavy atom. The van der Waals surface area contributed by atoms with E-state index >= 15 is 0 Å². The van der Waals surface area contributed by atoms with Crippen LogP contribution < -0.4 is 10.1 Å². The molecule has 0 atom stereocenters. The summed E-state index contributed by atoms with van der Waals surface area (Å²) in [6, 6.07) is 9.14. The quantitative estimate of drug-likeness (QED) is 0.866. The molecule has 0 radical (unpaired) electrons. The van der Waals surface area contributed by atoms with E-state index in [1.165, 1.54) is 6.33 Å². The average molecular weight is 369 g/mol. The fourth-order valence-electron chi connectivity index (χ4n) is 2.88. The normalized spacial score (nSPS) is 14.0. The maximum atomic E-state index is 12.7. The second kappa shape index (κ2) is 8.48. The maximum absolute atomic E-state index is 12.7. The van der Waals surface area contributed by atoms with E-state index in [-0.39, 0.29) is 11.8 Å². The van der Waals surface area contributed by atoms with Crippen LogP contribution >= 0.6 is 0 Å². The molecule has 27 heavy (non-hydrogen) atoms. The van der Waals surface area contributed by atoms with Gasteiger partial charge < -0.3 is 19.9 Å². The van der Waals surface area contributed by atoms with Crippen molar-refractivity contribution in [2.24, 2.45) is 0 Å². The largest absolute Gasteiger partial charge is 0.494 e. The maximum Gasteiger partial charge on any atom is 0.272 e. The number of nitrogens with zero attached hydrogens (tertiary/aromatic N) is 4. The molecule has 8 heteroatoms. The summed E-state index contributed by atoms with van der Waals surface area (Å²) in [5.41, 5.74) is 1.17. The zero-order valence-corrected chi connectivity index (χ0v) is 15.5. The lowest BCUT2D eigenvalue weighted by molar-refractivity contribution is -0.130. The van der Waals surface area contributed by atoms with Crippen LogP contribution in [-0.4, -0.2) is 64.4 Å². The molecule has 8 nitrogen and oxygen atoms in total. The number of carbonyl (C=O) groups excluding carboxylic acids is 2. The molecule has 0 bridgehead atoms. The molecular formula is C19H23N5O3. The number of hydrogen-bond donors (Lipinski definition) is 1. The van der Waals surface area contributed by atoms with Crippen molar-refractivity contribution in [2.75, 3.05) is 38.1 Å². The number of nitrogens with one attached hydrogen (secondary N) is 1. The summed E-state index contributed by atoms with van der Waals surface area (Å²) >= 11 is 0. The highest BCUT2D eigenvalue weighted by molar-refractivity contribution is 5.93. The van der Waals surface area contributed by atoms with Gasteiger partial charge in [-0.3, -0.25) is 9.59 Å². The van der Waals surface area contributed by atoms with Crippen LogP contribution in [0.5, 0.6) is 5.75 Å². The van der Waals surface area contributed by atoms with E-state index in [2.05, 4.69) is 15.3 Å². The van der Waals surface area contributed by atoms with Crippen LogP contribution in [0.2, 0.25) is 0 Å². The van der Waals surface area contributed by atoms with Gasteiger partial charge in [-0.1, -0.05) is 0 Å². The van der Waals surface area contributed by atoms with E-state index in [1.54, 1.807) is 22.8 Å². The minimum Gasteiger partial charge on any atom is -0.494 e. The van der Waals surface area contributed by atoms with Crippen LogP contribution in [0, 0.1) is 0 Å². The summed E-state index contributed by atoms with van der Waals surface area (Å²) < 4.78 is 5.42. The van der Waals surface area contributed by atoms with Gasteiger partial charge >= 0.3 is 0 Å². The molecule has 0 saturated carbocycles. The molecule has 0 spiro atoms. The van der Waals surface area contributed by atoms with Crippen molar-refractivity contribution in [1.82, 2.24) is 19.8 Å². The third kappa shape index (κ3) is 4.72. The molecule has 1 aromatic carbocycles. The lowest BCUT2D eigenvalue weighted by Crippen LogP contribution is -2.50. The zero-order valence-electron chi connectivity index (χ0n) is 15.5. The second-order valence-corrected chi connectivity index (χ2v) is 6.17. The van der Waals surface area contributed by atoms with Crippen molar-refractivity contribution in [3.05, 3.63) is 42.4 Å². The molecule has 1 fully saturated rings. The SMILES string of the molecule is CCOc1ccc(Nc2cc(C(=O)N3CCN(C(C)=O)CC3)ncn2)cc1. The summed E-state index contributed by atoms with van der Waals surface area (Å²) in [5, 5.41) is 3.16. The molecule has 1 aromatic heterocycles. The van der Waals surface area contributed by atoms with Crippen molar-refractivity contribution >= 4 is 23.3 Å². The Kier molecular flexibility index (Phi) is 5.85. The van der Waals surface area contributed by atoms with Crippen molar-refractivity contribution in [3.63, 3.8) is 0 Å². The Balaban J connectivity index is 1.64. The molecule has 1 N–H and O–H groups in total. The first-order valence-electron chi connectivity index (χ1n) is 8.93. The van der Waals surface area contributed by atoms with Crippen molar-refractivity contribution in [1.29, 1.82) is 0 Å². The molecule has 3 rings (SSSR count). The highest BCUT2D eigenvalue weighted by Crippen LogP contribution is 2.19. The first-order chi connectivity index (χ1) is 13.1. The van der Waals surface area contributed by atoms with Gasteiger partial charge in [0.1, 0.15) is 23.6 Å². The number of carbonyl (C=O) groups is 2. The van der Waals surface area contributed by atoms with Crippen LogP contribution in [0.1, 0.15) is 24.3 Å². The number of aromatic nitrogens is 2. The fourth-order valence-corrected chi connectivity index (χ4v) is 2.88. The summed E-state index contributed by atoms with van der Waals surface area (Å²) in [6.45, 7) is 6.19. The van der Waals surface area contributed by atoms with E-state index < -0.39 is 0 Å². The van der Waals surface area contributed by atoms with Gasteiger partial charge in [0.25, 0.3) is 5.91 Å². The van der Waals surface area contributed by atoms with Crippen LogP contribution in [-0.2, 0) is 4.79 Å². The van der Waals surface area contributed by atoms with Crippen LogP contribution in [0.3, 0.4) is 0 Å². The Morgan fingerprint density at radius 3 is 2.37 bits per heavy atom. The minimum atomic E-state index is -0.157. The van der Waals surface area contributed by atoms with Crippen molar-refractivity contribution in [3.8, 4) is 5.75 Å². The molecule has 2 aromatic rings. The molecule has 1 aliphatic heterocycles. The van der Waals surface area contributed by atoms with Gasteiger partial charge in [0.15, 0.2) is 0 Å². The molecule has 1 saturated heterocycles. The standard InChI is InChI=1S/C19H23N5O3/c1-3-27-16-6-4-15(5-7-16)22-18-12-17(20-13-21-18)19(26)24-10-8-23(9-11-24)14(2)25/h4-7,12-13H,3,8-11H2,1-2H3,(H,20,21,22). The number of rotatable bonds is 5. The van der Waals surface area contributed by atoms with Crippen molar-refractivity contribution < 1.29 is 14.3 Å². The van der Waals surface area contributed by atoms with Gasteiger partial charge in [-0.25, -0.2) is 9.97 Å². The topological polar surface area (TPSA) is 87.7 Å². The third-order valence-corrected chi connectivity index (χ3v) is 4.34. The predicted molar refractivity (Wildman–Crippen MR) is 101 cm³/mol. The van der Waals surface area contributed by atoms with Gasteiger partial charge in [0, 0.05) is 44.9 Å². The number of ether oxygens (including phenoxy) is 1. The lowest BCUT2D eigenvalue weighted by atomic mass is 10.2. The van der Waals surface area contributed by atoms with Gasteiger partial charge in [-0.05, 0) is 31.2 Å². The summed E-state index contributed by atoms with van der Waals surface area (Å²) in [6.07, 6.45) is 1.37. The Labute approximate surface area is 158 Å². The number of amides is 2. The summed E-state index contributed by atoms with van der Waals surface area (Å²) in [5.74, 6) is 1.22. The van der Waals surface area contributed by atoms with Crippen LogP contribution in [0.15, 0.2) is 36.7 Å². The van der Waals surface area contributed by atoms with E-state index in [1.807, 2.05) is 31.2 Å². The lowest BCUT2D eigenvalue weighted by Gasteiger charge is -2.34. The van der Waals surface area contributed by atoms with Gasteiger partial charge in [-0.2, -0.15) is 0 Å².